The van der Waals surface area contributed by atoms with Gasteiger partial charge in [-0.2, -0.15) is 0 Å². The number of benzene rings is 1. The average molecular weight is 386 g/mol. The molecule has 1 aliphatic rings. The van der Waals surface area contributed by atoms with Crippen molar-refractivity contribution < 1.29 is 4.79 Å². The lowest BCUT2D eigenvalue weighted by molar-refractivity contribution is -0.131. The van der Waals surface area contributed by atoms with Crippen molar-refractivity contribution in [2.75, 3.05) is 13.1 Å². The fraction of sp³-hybridized carbons (Fsp3) is 0.320. The predicted octanol–water partition coefficient (Wildman–Crippen LogP) is 4.32. The molecule has 4 heteroatoms. The summed E-state index contributed by atoms with van der Waals surface area (Å²) < 4.78 is 0. The molecule has 29 heavy (non-hydrogen) atoms. The molecule has 0 unspecified atom stereocenters. The molecule has 2 aromatic heterocycles. The van der Waals surface area contributed by atoms with E-state index in [9.17, 15) is 4.79 Å². The number of hydrogen-bond acceptors (Lipinski definition) is 3. The molecule has 0 atom stereocenters. The Bertz CT molecular complexity index is 963. The van der Waals surface area contributed by atoms with Crippen molar-refractivity contribution in [3.63, 3.8) is 0 Å². The first-order valence-electron chi connectivity index (χ1n) is 10.4. The summed E-state index contributed by atoms with van der Waals surface area (Å²) in [6, 6.07) is 18.7. The molecule has 148 valence electrons. The zero-order valence-corrected chi connectivity index (χ0v) is 16.9. The van der Waals surface area contributed by atoms with Gasteiger partial charge in [0.05, 0.1) is 6.42 Å². The lowest BCUT2D eigenvalue weighted by Crippen LogP contribution is -2.39. The maximum absolute atomic E-state index is 12.6. The molecule has 4 rings (SSSR count). The Kier molecular flexibility index (Phi) is 5.99. The maximum atomic E-state index is 12.6. The highest BCUT2D eigenvalue weighted by Gasteiger charge is 2.24. The number of piperidine rings is 1. The minimum atomic E-state index is 0.192. The summed E-state index contributed by atoms with van der Waals surface area (Å²) in [6.45, 7) is 3.75. The third-order valence-electron chi connectivity index (χ3n) is 5.81. The van der Waals surface area contributed by atoms with E-state index in [2.05, 4.69) is 54.4 Å². The van der Waals surface area contributed by atoms with Gasteiger partial charge < -0.3 is 4.90 Å². The molecule has 0 saturated carbocycles. The number of pyridine rings is 2. The van der Waals surface area contributed by atoms with Crippen LogP contribution in [0.5, 0.6) is 0 Å². The minimum absolute atomic E-state index is 0.192. The number of rotatable bonds is 5. The van der Waals surface area contributed by atoms with Gasteiger partial charge in [-0.3, -0.25) is 14.8 Å². The molecule has 1 fully saturated rings. The molecule has 0 radical (unpaired) electrons. The quantitative estimate of drug-likeness (QED) is 0.657. The van der Waals surface area contributed by atoms with Gasteiger partial charge in [-0.25, -0.2) is 0 Å². The first-order valence-corrected chi connectivity index (χ1v) is 10.4. The van der Waals surface area contributed by atoms with Crippen molar-refractivity contribution in [1.29, 1.82) is 0 Å². The molecule has 4 nitrogen and oxygen atoms in total. The largest absolute Gasteiger partial charge is 0.342 e. The Morgan fingerprint density at radius 2 is 1.86 bits per heavy atom. The van der Waals surface area contributed by atoms with Crippen LogP contribution in [0.15, 0.2) is 67.0 Å². The van der Waals surface area contributed by atoms with E-state index in [1.165, 1.54) is 11.1 Å². The van der Waals surface area contributed by atoms with Crippen molar-refractivity contribution in [1.82, 2.24) is 14.9 Å². The highest BCUT2D eigenvalue weighted by atomic mass is 16.2. The highest BCUT2D eigenvalue weighted by molar-refractivity contribution is 5.78. The van der Waals surface area contributed by atoms with E-state index >= 15 is 0 Å². The summed E-state index contributed by atoms with van der Waals surface area (Å²) in [6.07, 6.45) is 6.75. The van der Waals surface area contributed by atoms with Crippen molar-refractivity contribution in [3.8, 4) is 0 Å². The van der Waals surface area contributed by atoms with Crippen molar-refractivity contribution in [2.24, 2.45) is 0 Å². The van der Waals surface area contributed by atoms with Crippen LogP contribution in [0.1, 0.15) is 46.8 Å². The average Bonchev–Trinajstić information content (AvgIpc) is 2.76. The molecule has 1 aliphatic heterocycles. The van der Waals surface area contributed by atoms with E-state index in [4.69, 9.17) is 4.98 Å². The summed E-state index contributed by atoms with van der Waals surface area (Å²) in [5, 5.41) is 0. The van der Waals surface area contributed by atoms with Gasteiger partial charge in [0.1, 0.15) is 0 Å². The Balaban J connectivity index is 1.36. The van der Waals surface area contributed by atoms with E-state index in [0.29, 0.717) is 12.3 Å². The van der Waals surface area contributed by atoms with Crippen LogP contribution < -0.4 is 0 Å². The van der Waals surface area contributed by atoms with Gasteiger partial charge in [0.2, 0.25) is 5.91 Å². The summed E-state index contributed by atoms with van der Waals surface area (Å²) in [5.74, 6) is 0.618. The van der Waals surface area contributed by atoms with Gasteiger partial charge >= 0.3 is 0 Å². The van der Waals surface area contributed by atoms with Crippen molar-refractivity contribution >= 4 is 5.91 Å². The summed E-state index contributed by atoms with van der Waals surface area (Å²) in [7, 11) is 0. The fourth-order valence-electron chi connectivity index (χ4n) is 4.04. The van der Waals surface area contributed by atoms with Crippen molar-refractivity contribution in [2.45, 2.75) is 38.5 Å². The third kappa shape index (κ3) is 4.89. The van der Waals surface area contributed by atoms with Crippen LogP contribution >= 0.6 is 0 Å². The van der Waals surface area contributed by atoms with Crippen LogP contribution in [-0.2, 0) is 17.6 Å². The lowest BCUT2D eigenvalue weighted by Gasteiger charge is -2.32. The number of hydrogen-bond donors (Lipinski definition) is 0. The van der Waals surface area contributed by atoms with Crippen LogP contribution in [0.4, 0.5) is 0 Å². The molecule has 0 spiro atoms. The molecule has 3 heterocycles. The van der Waals surface area contributed by atoms with Gasteiger partial charge in [0.15, 0.2) is 0 Å². The Labute approximate surface area is 172 Å². The maximum Gasteiger partial charge on any atom is 0.227 e. The van der Waals surface area contributed by atoms with Crippen LogP contribution in [0.25, 0.3) is 0 Å². The Morgan fingerprint density at radius 3 is 2.62 bits per heavy atom. The number of carbonyl (C=O) groups excluding carboxylic acids is 1. The van der Waals surface area contributed by atoms with Gasteiger partial charge in [0.25, 0.3) is 0 Å². The Hall–Kier alpha value is -3.01. The first kappa shape index (κ1) is 19.3. The summed E-state index contributed by atoms with van der Waals surface area (Å²) in [4.78, 5) is 23.6. The zero-order chi connectivity index (χ0) is 20.1. The molecule has 1 aromatic carbocycles. The van der Waals surface area contributed by atoms with Crippen molar-refractivity contribution in [3.05, 3.63) is 95.1 Å². The molecular weight excluding hydrogens is 358 g/mol. The predicted molar refractivity (Wildman–Crippen MR) is 115 cm³/mol. The number of likely N-dealkylation sites (tertiary alicyclic amines) is 1. The standard InChI is InChI=1S/C25H27N3O/c1-19-6-2-3-8-22(19)17-23-9-4-10-24(27-23)21-11-14-28(15-12-21)25(29)16-20-7-5-13-26-18-20/h2-10,13,18,21H,11-12,14-17H2,1H3. The molecule has 1 saturated heterocycles. The lowest BCUT2D eigenvalue weighted by atomic mass is 9.92. The topological polar surface area (TPSA) is 46.1 Å². The van der Waals surface area contributed by atoms with Crippen LogP contribution in [0.2, 0.25) is 0 Å². The monoisotopic (exact) mass is 385 g/mol. The molecule has 0 aliphatic carbocycles. The second kappa shape index (κ2) is 8.99. The summed E-state index contributed by atoms with van der Waals surface area (Å²) >= 11 is 0. The fourth-order valence-corrected chi connectivity index (χ4v) is 4.04. The van der Waals surface area contributed by atoms with Gasteiger partial charge in [-0.15, -0.1) is 0 Å². The number of aromatic nitrogens is 2. The normalized spacial score (nSPS) is 14.7. The number of carbonyl (C=O) groups is 1. The van der Waals surface area contributed by atoms with E-state index < -0.39 is 0 Å². The molecule has 0 N–H and O–H groups in total. The van der Waals surface area contributed by atoms with Gasteiger partial charge in [0, 0.05) is 49.2 Å². The Morgan fingerprint density at radius 1 is 1.03 bits per heavy atom. The second-order valence-electron chi connectivity index (χ2n) is 7.85. The van der Waals surface area contributed by atoms with Crippen LogP contribution in [-0.4, -0.2) is 33.9 Å². The first-order chi connectivity index (χ1) is 14.2. The molecule has 3 aromatic rings. The van der Waals surface area contributed by atoms with Crippen LogP contribution in [0, 0.1) is 6.92 Å². The molecule has 1 amide bonds. The van der Waals surface area contributed by atoms with E-state index in [-0.39, 0.29) is 5.91 Å². The minimum Gasteiger partial charge on any atom is -0.342 e. The smallest absolute Gasteiger partial charge is 0.227 e. The van der Waals surface area contributed by atoms with Gasteiger partial charge in [-0.05, 0) is 54.7 Å². The van der Waals surface area contributed by atoms with E-state index in [0.717, 1.165) is 49.3 Å². The third-order valence-corrected chi connectivity index (χ3v) is 5.81. The van der Waals surface area contributed by atoms with E-state index in [1.54, 1.807) is 12.4 Å². The zero-order valence-electron chi connectivity index (χ0n) is 16.9. The number of nitrogens with zero attached hydrogens (tertiary/aromatic N) is 3. The van der Waals surface area contributed by atoms with Crippen LogP contribution in [0.3, 0.4) is 0 Å². The molecular formula is C25H27N3O. The number of amides is 1. The highest BCUT2D eigenvalue weighted by Crippen LogP contribution is 2.27. The second-order valence-corrected chi connectivity index (χ2v) is 7.85. The van der Waals surface area contributed by atoms with E-state index in [1.807, 2.05) is 17.0 Å². The molecule has 0 bridgehead atoms. The SMILES string of the molecule is Cc1ccccc1Cc1cccc(C2CCN(C(=O)Cc3cccnc3)CC2)n1. The summed E-state index contributed by atoms with van der Waals surface area (Å²) in [5.41, 5.74) is 5.89. The number of aryl methyl sites for hydroxylation is 1. The van der Waals surface area contributed by atoms with Gasteiger partial charge in [-0.1, -0.05) is 36.4 Å².